The SMILES string of the molecule is CCC(CO)N1CCN(C(=O)c2csc(-c3ccc(C)o3)n2)CC1. The summed E-state index contributed by atoms with van der Waals surface area (Å²) in [7, 11) is 0. The molecule has 2 aromatic heterocycles. The van der Waals surface area contributed by atoms with Gasteiger partial charge in [-0.1, -0.05) is 6.92 Å². The average Bonchev–Trinajstić information content (AvgIpc) is 3.25. The van der Waals surface area contributed by atoms with Crippen molar-refractivity contribution >= 4 is 17.2 Å². The largest absolute Gasteiger partial charge is 0.459 e. The van der Waals surface area contributed by atoms with Gasteiger partial charge in [-0.2, -0.15) is 0 Å². The van der Waals surface area contributed by atoms with E-state index in [1.807, 2.05) is 24.0 Å². The van der Waals surface area contributed by atoms with Crippen molar-refractivity contribution in [1.82, 2.24) is 14.8 Å². The molecule has 1 aliphatic heterocycles. The predicted molar refractivity (Wildman–Crippen MR) is 93.2 cm³/mol. The van der Waals surface area contributed by atoms with Crippen molar-refractivity contribution in [2.24, 2.45) is 0 Å². The molecule has 0 saturated carbocycles. The van der Waals surface area contributed by atoms with E-state index in [1.165, 1.54) is 11.3 Å². The monoisotopic (exact) mass is 349 g/mol. The van der Waals surface area contributed by atoms with Gasteiger partial charge in [0.15, 0.2) is 10.8 Å². The number of aliphatic hydroxyl groups excluding tert-OH is 1. The van der Waals surface area contributed by atoms with Gasteiger partial charge in [-0.15, -0.1) is 11.3 Å². The maximum Gasteiger partial charge on any atom is 0.273 e. The number of thiazole rings is 1. The van der Waals surface area contributed by atoms with Gasteiger partial charge in [0, 0.05) is 37.6 Å². The van der Waals surface area contributed by atoms with Gasteiger partial charge in [-0.3, -0.25) is 9.69 Å². The highest BCUT2D eigenvalue weighted by Crippen LogP contribution is 2.26. The van der Waals surface area contributed by atoms with Crippen molar-refractivity contribution in [3.8, 4) is 10.8 Å². The Labute approximate surface area is 145 Å². The maximum absolute atomic E-state index is 12.6. The third-order valence-corrected chi connectivity index (χ3v) is 5.33. The van der Waals surface area contributed by atoms with Crippen LogP contribution in [0.25, 0.3) is 10.8 Å². The van der Waals surface area contributed by atoms with Crippen molar-refractivity contribution in [2.75, 3.05) is 32.8 Å². The normalized spacial score (nSPS) is 17.2. The summed E-state index contributed by atoms with van der Waals surface area (Å²) in [4.78, 5) is 21.2. The Morgan fingerprint density at radius 2 is 2.12 bits per heavy atom. The van der Waals surface area contributed by atoms with Crippen LogP contribution < -0.4 is 0 Å². The third kappa shape index (κ3) is 3.53. The molecule has 1 atom stereocenters. The summed E-state index contributed by atoms with van der Waals surface area (Å²) in [5.74, 6) is 1.51. The van der Waals surface area contributed by atoms with Crippen molar-refractivity contribution in [1.29, 1.82) is 0 Å². The highest BCUT2D eigenvalue weighted by molar-refractivity contribution is 7.13. The van der Waals surface area contributed by atoms with Crippen molar-refractivity contribution in [2.45, 2.75) is 26.3 Å². The molecule has 0 bridgehead atoms. The summed E-state index contributed by atoms with van der Waals surface area (Å²) in [6, 6.07) is 3.96. The molecule has 0 radical (unpaired) electrons. The number of rotatable bonds is 5. The Bertz CT molecular complexity index is 685. The predicted octanol–water partition coefficient (Wildman–Crippen LogP) is 2.24. The van der Waals surface area contributed by atoms with Gasteiger partial charge in [-0.25, -0.2) is 4.98 Å². The van der Waals surface area contributed by atoms with Crippen LogP contribution in [0.4, 0.5) is 0 Å². The quantitative estimate of drug-likeness (QED) is 0.896. The number of carbonyl (C=O) groups excluding carboxylic acids is 1. The van der Waals surface area contributed by atoms with Crippen LogP contribution in [0.1, 0.15) is 29.6 Å². The van der Waals surface area contributed by atoms with Gasteiger partial charge < -0.3 is 14.4 Å². The number of aromatic nitrogens is 1. The first-order valence-corrected chi connectivity index (χ1v) is 9.16. The third-order valence-electron chi connectivity index (χ3n) is 4.47. The molecule has 1 saturated heterocycles. The van der Waals surface area contributed by atoms with Crippen LogP contribution in [0.2, 0.25) is 0 Å². The number of hydrogen-bond donors (Lipinski definition) is 1. The number of aryl methyl sites for hydroxylation is 1. The Kier molecular flexibility index (Phi) is 5.33. The molecule has 0 aromatic carbocycles. The zero-order chi connectivity index (χ0) is 17.1. The lowest BCUT2D eigenvalue weighted by Crippen LogP contribution is -2.52. The molecule has 3 rings (SSSR count). The van der Waals surface area contributed by atoms with E-state index in [0.29, 0.717) is 24.5 Å². The van der Waals surface area contributed by atoms with Crippen LogP contribution >= 0.6 is 11.3 Å². The van der Waals surface area contributed by atoms with Gasteiger partial charge in [0.1, 0.15) is 11.5 Å². The van der Waals surface area contributed by atoms with Crippen LogP contribution in [0.3, 0.4) is 0 Å². The number of piperazine rings is 1. The Morgan fingerprint density at radius 1 is 1.38 bits per heavy atom. The molecule has 6 nitrogen and oxygen atoms in total. The molecule has 1 aliphatic rings. The summed E-state index contributed by atoms with van der Waals surface area (Å²) in [6.07, 6.45) is 0.919. The molecular weight excluding hydrogens is 326 g/mol. The van der Waals surface area contributed by atoms with E-state index in [9.17, 15) is 9.90 Å². The molecule has 130 valence electrons. The van der Waals surface area contributed by atoms with Crippen molar-refractivity contribution in [3.63, 3.8) is 0 Å². The van der Waals surface area contributed by atoms with Gasteiger partial charge in [0.05, 0.1) is 6.61 Å². The number of hydrogen-bond acceptors (Lipinski definition) is 6. The topological polar surface area (TPSA) is 69.8 Å². The molecule has 7 heteroatoms. The molecule has 2 aromatic rings. The second kappa shape index (κ2) is 7.46. The minimum atomic E-state index is -0.0301. The number of aliphatic hydroxyl groups is 1. The van der Waals surface area contributed by atoms with Crippen LogP contribution in [-0.2, 0) is 0 Å². The Balaban J connectivity index is 1.63. The summed E-state index contributed by atoms with van der Waals surface area (Å²) in [6.45, 7) is 7.05. The van der Waals surface area contributed by atoms with E-state index in [-0.39, 0.29) is 18.6 Å². The fourth-order valence-corrected chi connectivity index (χ4v) is 3.74. The smallest absolute Gasteiger partial charge is 0.273 e. The van der Waals surface area contributed by atoms with Crippen LogP contribution in [0.5, 0.6) is 0 Å². The fourth-order valence-electron chi connectivity index (χ4n) is 2.99. The average molecular weight is 349 g/mol. The van der Waals surface area contributed by atoms with Crippen LogP contribution in [-0.4, -0.2) is 64.6 Å². The second-order valence-corrected chi connectivity index (χ2v) is 6.88. The van der Waals surface area contributed by atoms with Gasteiger partial charge in [0.25, 0.3) is 5.91 Å². The zero-order valence-electron chi connectivity index (χ0n) is 14.1. The lowest BCUT2D eigenvalue weighted by Gasteiger charge is -2.38. The highest BCUT2D eigenvalue weighted by Gasteiger charge is 2.27. The van der Waals surface area contributed by atoms with Gasteiger partial charge in [0.2, 0.25) is 0 Å². The number of amides is 1. The lowest BCUT2D eigenvalue weighted by atomic mass is 10.1. The van der Waals surface area contributed by atoms with Gasteiger partial charge >= 0.3 is 0 Å². The molecule has 1 amide bonds. The molecule has 24 heavy (non-hydrogen) atoms. The molecule has 1 N–H and O–H groups in total. The molecule has 0 aliphatic carbocycles. The maximum atomic E-state index is 12.6. The summed E-state index contributed by atoms with van der Waals surface area (Å²) in [5, 5.41) is 11.9. The minimum absolute atomic E-state index is 0.0301. The number of furan rings is 1. The Morgan fingerprint density at radius 3 is 2.71 bits per heavy atom. The van der Waals surface area contributed by atoms with E-state index < -0.39 is 0 Å². The van der Waals surface area contributed by atoms with Crippen molar-refractivity contribution in [3.05, 3.63) is 29.0 Å². The molecule has 1 fully saturated rings. The van der Waals surface area contributed by atoms with E-state index in [2.05, 4.69) is 16.8 Å². The first kappa shape index (κ1) is 17.1. The summed E-state index contributed by atoms with van der Waals surface area (Å²) < 4.78 is 5.57. The first-order valence-electron chi connectivity index (χ1n) is 8.29. The molecule has 3 heterocycles. The van der Waals surface area contributed by atoms with Gasteiger partial charge in [-0.05, 0) is 25.5 Å². The summed E-state index contributed by atoms with van der Waals surface area (Å²) >= 11 is 1.43. The Hall–Kier alpha value is -1.70. The molecule has 0 spiro atoms. The van der Waals surface area contributed by atoms with Crippen molar-refractivity contribution < 1.29 is 14.3 Å². The van der Waals surface area contributed by atoms with E-state index in [1.54, 1.807) is 5.38 Å². The van der Waals surface area contributed by atoms with E-state index >= 15 is 0 Å². The highest BCUT2D eigenvalue weighted by atomic mass is 32.1. The number of carbonyl (C=O) groups is 1. The van der Waals surface area contributed by atoms with E-state index in [4.69, 9.17) is 4.42 Å². The first-order chi connectivity index (χ1) is 11.6. The standard InChI is InChI=1S/C17H23N3O3S/c1-3-13(10-21)19-6-8-20(9-7-19)17(22)14-11-24-16(18-14)15-5-4-12(2)23-15/h4-5,11,13,21H,3,6-10H2,1-2H3. The number of nitrogens with zero attached hydrogens (tertiary/aromatic N) is 3. The fraction of sp³-hybridized carbons (Fsp3) is 0.529. The lowest BCUT2D eigenvalue weighted by molar-refractivity contribution is 0.0469. The van der Waals surface area contributed by atoms with Crippen LogP contribution in [0.15, 0.2) is 21.9 Å². The summed E-state index contributed by atoms with van der Waals surface area (Å²) in [5.41, 5.74) is 0.478. The van der Waals surface area contributed by atoms with E-state index in [0.717, 1.165) is 30.3 Å². The molecule has 1 unspecified atom stereocenters. The second-order valence-electron chi connectivity index (χ2n) is 6.02. The van der Waals surface area contributed by atoms with Crippen LogP contribution in [0, 0.1) is 6.92 Å². The zero-order valence-corrected chi connectivity index (χ0v) is 14.9. The molecular formula is C17H23N3O3S. The minimum Gasteiger partial charge on any atom is -0.459 e.